The van der Waals surface area contributed by atoms with E-state index in [1.165, 1.54) is 6.07 Å². The summed E-state index contributed by atoms with van der Waals surface area (Å²) in [7, 11) is 0. The maximum absolute atomic E-state index is 17.1. The zero-order valence-electron chi connectivity index (χ0n) is 26.9. The highest BCUT2D eigenvalue weighted by Crippen LogP contribution is 2.49. The lowest BCUT2D eigenvalue weighted by atomic mass is 9.84. The predicted molar refractivity (Wildman–Crippen MR) is 175 cm³/mol. The molecule has 5 atom stereocenters. The standard InChI is InChI=1S/C37H41F3N4O3/c1-21-11-23-5-3-6-25(29(46)18-45)30(23)26(12-21)31-28(39)13-27-33(32(31)40)41-35(47-20-37-8-4-10-44(37)17-24(38)15-37)42-34(27)43-16-22-7-9-36(2,14-22)19-43/h3,5-6,11-13,22,24,29,45-46H,4,7-10,14-20H2,1-2H3/t22-,24+,29?,36-,37-/m0/s1. The molecule has 4 aliphatic rings. The molecule has 3 aliphatic heterocycles. The van der Waals surface area contributed by atoms with Crippen LogP contribution in [0.25, 0.3) is 32.8 Å². The largest absolute Gasteiger partial charge is 0.461 e. The van der Waals surface area contributed by atoms with E-state index in [-0.39, 0.29) is 40.1 Å². The van der Waals surface area contributed by atoms with Gasteiger partial charge in [-0.15, -0.1) is 0 Å². The number of aryl methyl sites for hydroxylation is 1. The zero-order valence-corrected chi connectivity index (χ0v) is 26.9. The number of benzene rings is 3. The van der Waals surface area contributed by atoms with Gasteiger partial charge in [-0.2, -0.15) is 9.97 Å². The van der Waals surface area contributed by atoms with Crippen molar-refractivity contribution in [2.24, 2.45) is 11.3 Å². The van der Waals surface area contributed by atoms with Crippen molar-refractivity contribution >= 4 is 27.5 Å². The molecule has 7 nitrogen and oxygen atoms in total. The molecule has 10 heteroatoms. The molecule has 1 unspecified atom stereocenters. The van der Waals surface area contributed by atoms with E-state index in [9.17, 15) is 14.6 Å². The number of alkyl halides is 1. The summed E-state index contributed by atoms with van der Waals surface area (Å²) in [4.78, 5) is 13.7. The average Bonchev–Trinajstić information content (AvgIpc) is 3.66. The number of aliphatic hydroxyl groups is 2. The molecule has 4 fully saturated rings. The molecule has 1 aliphatic carbocycles. The molecule has 47 heavy (non-hydrogen) atoms. The first-order valence-electron chi connectivity index (χ1n) is 16.9. The Hall–Kier alpha value is -3.47. The average molecular weight is 647 g/mol. The molecule has 0 spiro atoms. The minimum absolute atomic E-state index is 0.000979. The van der Waals surface area contributed by atoms with Crippen LogP contribution in [0.1, 0.15) is 62.7 Å². The number of aliphatic hydroxyl groups excluding tert-OH is 2. The highest BCUT2D eigenvalue weighted by Gasteiger charge is 2.49. The minimum Gasteiger partial charge on any atom is -0.461 e. The molecule has 4 aromatic rings. The normalized spacial score (nSPS) is 28.0. The van der Waals surface area contributed by atoms with Gasteiger partial charge in [-0.05, 0) is 90.4 Å². The number of rotatable bonds is 7. The van der Waals surface area contributed by atoms with Gasteiger partial charge in [0.15, 0.2) is 5.82 Å². The molecule has 0 radical (unpaired) electrons. The highest BCUT2D eigenvalue weighted by atomic mass is 19.1. The third-order valence-corrected chi connectivity index (χ3v) is 11.3. The number of halogens is 3. The summed E-state index contributed by atoms with van der Waals surface area (Å²) in [6.07, 6.45) is 3.33. The minimum atomic E-state index is -1.23. The van der Waals surface area contributed by atoms with Crippen molar-refractivity contribution in [2.45, 2.75) is 70.2 Å². The number of ether oxygens (including phenoxy) is 1. The second kappa shape index (κ2) is 11.3. The van der Waals surface area contributed by atoms with Crippen LogP contribution in [-0.2, 0) is 0 Å². The van der Waals surface area contributed by atoms with Crippen molar-refractivity contribution in [1.82, 2.24) is 14.9 Å². The Kier molecular flexibility index (Phi) is 7.42. The lowest BCUT2D eigenvalue weighted by Gasteiger charge is -2.39. The van der Waals surface area contributed by atoms with E-state index in [1.807, 2.05) is 19.1 Å². The summed E-state index contributed by atoms with van der Waals surface area (Å²) in [6.45, 7) is 6.42. The van der Waals surface area contributed by atoms with E-state index in [1.54, 1.807) is 18.2 Å². The molecule has 8 rings (SSSR count). The van der Waals surface area contributed by atoms with Gasteiger partial charge in [-0.1, -0.05) is 37.3 Å². The van der Waals surface area contributed by atoms with Gasteiger partial charge < -0.3 is 19.8 Å². The Morgan fingerprint density at radius 3 is 2.77 bits per heavy atom. The monoisotopic (exact) mass is 646 g/mol. The molecule has 0 amide bonds. The van der Waals surface area contributed by atoms with Gasteiger partial charge in [-0.3, -0.25) is 4.90 Å². The lowest BCUT2D eigenvalue weighted by molar-refractivity contribution is 0.0967. The zero-order chi connectivity index (χ0) is 32.7. The first-order valence-corrected chi connectivity index (χ1v) is 16.9. The Balaban J connectivity index is 1.30. The second-order valence-corrected chi connectivity index (χ2v) is 14.9. The molecule has 2 N–H and O–H groups in total. The topological polar surface area (TPSA) is 82.0 Å². The van der Waals surface area contributed by atoms with E-state index in [0.717, 1.165) is 50.8 Å². The number of fused-ring (bicyclic) bond motifs is 5. The smallest absolute Gasteiger partial charge is 0.319 e. The number of anilines is 1. The SMILES string of the molecule is Cc1cc(-c2c(F)cc3c(N4C[C@H]5CC[C@@](C)(C5)C4)nc(OC[C@@]45CCCN4C[C@H](F)C5)nc3c2F)c2c(C(O)CO)cccc2c1. The fraction of sp³-hybridized carbons (Fsp3) is 0.514. The predicted octanol–water partition coefficient (Wildman–Crippen LogP) is 6.64. The van der Waals surface area contributed by atoms with Crippen molar-refractivity contribution < 1.29 is 28.1 Å². The van der Waals surface area contributed by atoms with Gasteiger partial charge in [0.2, 0.25) is 0 Å². The summed E-state index contributed by atoms with van der Waals surface area (Å²) in [6, 6.07) is 10.2. The first-order chi connectivity index (χ1) is 22.6. The molecule has 4 heterocycles. The number of nitrogens with zero attached hydrogens (tertiary/aromatic N) is 4. The van der Waals surface area contributed by atoms with Gasteiger partial charge in [0, 0.05) is 31.4 Å². The summed E-state index contributed by atoms with van der Waals surface area (Å²) >= 11 is 0. The Bertz CT molecular complexity index is 1890. The van der Waals surface area contributed by atoms with Crippen LogP contribution in [0.15, 0.2) is 36.4 Å². The number of hydrogen-bond donors (Lipinski definition) is 2. The van der Waals surface area contributed by atoms with Gasteiger partial charge in [0.05, 0.1) is 17.7 Å². The molecular formula is C37H41F3N4O3. The van der Waals surface area contributed by atoms with Crippen molar-refractivity contribution in [3.8, 4) is 17.1 Å². The summed E-state index contributed by atoms with van der Waals surface area (Å²) in [5.74, 6) is -0.683. The first kappa shape index (κ1) is 30.8. The summed E-state index contributed by atoms with van der Waals surface area (Å²) in [5, 5.41) is 21.9. The van der Waals surface area contributed by atoms with Crippen LogP contribution in [0.3, 0.4) is 0 Å². The molecule has 248 valence electrons. The Morgan fingerprint density at radius 2 is 1.96 bits per heavy atom. The maximum atomic E-state index is 17.1. The van der Waals surface area contributed by atoms with Crippen LogP contribution >= 0.6 is 0 Å². The van der Waals surface area contributed by atoms with Crippen molar-refractivity contribution in [3.05, 3.63) is 59.2 Å². The van der Waals surface area contributed by atoms with E-state index in [4.69, 9.17) is 9.72 Å². The van der Waals surface area contributed by atoms with Crippen LogP contribution in [0.2, 0.25) is 0 Å². The molecule has 2 bridgehead atoms. The van der Waals surface area contributed by atoms with Crippen LogP contribution in [0, 0.1) is 29.9 Å². The van der Waals surface area contributed by atoms with E-state index >= 15 is 8.78 Å². The van der Waals surface area contributed by atoms with Crippen LogP contribution in [0.5, 0.6) is 6.01 Å². The third kappa shape index (κ3) is 5.14. The molecule has 3 aromatic carbocycles. The summed E-state index contributed by atoms with van der Waals surface area (Å²) in [5.41, 5.74) is 0.780. The molecule has 3 saturated heterocycles. The maximum Gasteiger partial charge on any atom is 0.319 e. The molecule has 1 saturated carbocycles. The Morgan fingerprint density at radius 1 is 1.11 bits per heavy atom. The van der Waals surface area contributed by atoms with Gasteiger partial charge in [0.1, 0.15) is 36.0 Å². The number of aromatic nitrogens is 2. The van der Waals surface area contributed by atoms with Crippen molar-refractivity contribution in [3.63, 3.8) is 0 Å². The second-order valence-electron chi connectivity index (χ2n) is 14.9. The van der Waals surface area contributed by atoms with Gasteiger partial charge in [0.25, 0.3) is 0 Å². The van der Waals surface area contributed by atoms with E-state index in [0.29, 0.717) is 47.6 Å². The molecular weight excluding hydrogens is 605 g/mol. The molecule has 1 aromatic heterocycles. The van der Waals surface area contributed by atoms with Crippen LogP contribution < -0.4 is 9.64 Å². The van der Waals surface area contributed by atoms with Gasteiger partial charge in [-0.25, -0.2) is 13.2 Å². The van der Waals surface area contributed by atoms with Crippen LogP contribution in [-0.4, -0.2) is 76.2 Å². The fourth-order valence-electron chi connectivity index (χ4n) is 9.29. The van der Waals surface area contributed by atoms with Crippen LogP contribution in [0.4, 0.5) is 19.0 Å². The number of piperidine rings is 1. The lowest BCUT2D eigenvalue weighted by Crippen LogP contribution is -2.44. The van der Waals surface area contributed by atoms with Crippen molar-refractivity contribution in [1.29, 1.82) is 0 Å². The van der Waals surface area contributed by atoms with Crippen molar-refractivity contribution in [2.75, 3.05) is 44.3 Å². The fourth-order valence-corrected chi connectivity index (χ4v) is 9.29. The quantitative estimate of drug-likeness (QED) is 0.233. The van der Waals surface area contributed by atoms with E-state index < -0.39 is 36.1 Å². The summed E-state index contributed by atoms with van der Waals surface area (Å²) < 4.78 is 54.4. The highest BCUT2D eigenvalue weighted by molar-refractivity contribution is 6.03. The van der Waals surface area contributed by atoms with E-state index in [2.05, 4.69) is 21.7 Å². The van der Waals surface area contributed by atoms with Gasteiger partial charge >= 0.3 is 6.01 Å². The third-order valence-electron chi connectivity index (χ3n) is 11.3. The number of hydrogen-bond acceptors (Lipinski definition) is 7. The Labute approximate surface area is 272 Å².